The minimum atomic E-state index is -3.79. The number of thiophene rings is 1. The molecular formula is C9H11Cl3NO4PS. The molecule has 0 aliphatic heterocycles. The van der Waals surface area contributed by atoms with Gasteiger partial charge in [0.15, 0.2) is 5.78 Å². The summed E-state index contributed by atoms with van der Waals surface area (Å²) in [6.07, 6.45) is 0. The Hall–Kier alpha value is 0.190. The molecule has 0 fully saturated rings. The van der Waals surface area contributed by atoms with E-state index in [2.05, 4.69) is 5.32 Å². The maximum absolute atomic E-state index is 12.3. The summed E-state index contributed by atoms with van der Waals surface area (Å²) >= 11 is 18.4. The van der Waals surface area contributed by atoms with Crippen molar-refractivity contribution in [2.24, 2.45) is 0 Å². The highest BCUT2D eigenvalue weighted by atomic mass is 35.6. The van der Waals surface area contributed by atoms with E-state index in [0.29, 0.717) is 4.88 Å². The van der Waals surface area contributed by atoms with Gasteiger partial charge < -0.3 is 14.4 Å². The molecule has 0 spiro atoms. The zero-order chi connectivity index (χ0) is 14.7. The Kier molecular flexibility index (Phi) is 6.14. The highest BCUT2D eigenvalue weighted by Gasteiger charge is 2.49. The molecule has 1 heterocycles. The van der Waals surface area contributed by atoms with Gasteiger partial charge in [0.2, 0.25) is 3.79 Å². The average Bonchev–Trinajstić information content (AvgIpc) is 2.87. The number of halogens is 3. The topological polar surface area (TPSA) is 64.6 Å². The van der Waals surface area contributed by atoms with Crippen LogP contribution < -0.4 is 5.32 Å². The maximum Gasteiger partial charge on any atom is 0.356 e. The predicted octanol–water partition coefficient (Wildman–Crippen LogP) is 3.66. The molecule has 0 saturated heterocycles. The minimum Gasteiger partial charge on any atom is -0.334 e. The van der Waals surface area contributed by atoms with Crippen molar-refractivity contribution in [1.29, 1.82) is 0 Å². The summed E-state index contributed by atoms with van der Waals surface area (Å²) < 4.78 is 19.8. The van der Waals surface area contributed by atoms with Crippen molar-refractivity contribution in [1.82, 2.24) is 5.32 Å². The first-order valence-corrected chi connectivity index (χ1v) is 8.49. The maximum atomic E-state index is 12.3. The SMILES string of the molecule is COP(=O)(OC)[C@H](NC(=O)c1cccs1)C(Cl)(Cl)Cl. The van der Waals surface area contributed by atoms with Gasteiger partial charge in [0.05, 0.1) is 4.88 Å². The lowest BCUT2D eigenvalue weighted by molar-refractivity contribution is 0.0945. The van der Waals surface area contributed by atoms with Gasteiger partial charge in [-0.05, 0) is 11.4 Å². The molecule has 0 aromatic carbocycles. The van der Waals surface area contributed by atoms with Crippen LogP contribution in [0, 0.1) is 0 Å². The Morgan fingerprint density at radius 3 is 2.37 bits per heavy atom. The number of alkyl halides is 3. The van der Waals surface area contributed by atoms with Gasteiger partial charge in [-0.3, -0.25) is 9.36 Å². The summed E-state index contributed by atoms with van der Waals surface area (Å²) in [7, 11) is -1.50. The zero-order valence-corrected chi connectivity index (χ0v) is 13.9. The third-order valence-corrected chi connectivity index (χ3v) is 6.29. The molecule has 108 valence electrons. The standard InChI is InChI=1S/C9H11Cl3NO4PS/c1-16-18(15,17-2)8(9(10,11)12)13-7(14)6-4-3-5-19-6/h3-5,8H,1-2H3,(H,13,14)/t8-/m0/s1. The van der Waals surface area contributed by atoms with Crippen LogP contribution in [0.3, 0.4) is 0 Å². The number of rotatable bonds is 5. The van der Waals surface area contributed by atoms with Gasteiger partial charge >= 0.3 is 7.60 Å². The van der Waals surface area contributed by atoms with Gasteiger partial charge in [0, 0.05) is 14.2 Å². The molecule has 0 unspecified atom stereocenters. The Balaban J connectivity index is 3.01. The molecule has 1 aromatic heterocycles. The quantitative estimate of drug-likeness (QED) is 0.638. The number of carbonyl (C=O) groups excluding carboxylic acids is 1. The van der Waals surface area contributed by atoms with Gasteiger partial charge in [-0.15, -0.1) is 11.3 Å². The first-order chi connectivity index (χ1) is 8.74. The van der Waals surface area contributed by atoms with Crippen LogP contribution in [0.15, 0.2) is 17.5 Å². The van der Waals surface area contributed by atoms with Crippen LogP contribution in [-0.4, -0.2) is 29.7 Å². The van der Waals surface area contributed by atoms with E-state index in [-0.39, 0.29) is 0 Å². The first kappa shape index (κ1) is 17.2. The Morgan fingerprint density at radius 2 is 2.00 bits per heavy atom. The molecule has 0 aliphatic rings. The fourth-order valence-corrected chi connectivity index (χ4v) is 4.30. The summed E-state index contributed by atoms with van der Waals surface area (Å²) in [6.45, 7) is 0. The van der Waals surface area contributed by atoms with Crippen LogP contribution in [0.1, 0.15) is 9.67 Å². The van der Waals surface area contributed by atoms with E-state index < -0.39 is 23.1 Å². The average molecular weight is 367 g/mol. The molecule has 10 heteroatoms. The van der Waals surface area contributed by atoms with E-state index in [1.807, 2.05) is 0 Å². The summed E-state index contributed by atoms with van der Waals surface area (Å²) in [4.78, 5) is 12.3. The number of nitrogens with one attached hydrogen (secondary N) is 1. The molecule has 1 amide bonds. The highest BCUT2D eigenvalue weighted by molar-refractivity contribution is 7.55. The van der Waals surface area contributed by atoms with Crippen molar-refractivity contribution in [3.05, 3.63) is 22.4 Å². The van der Waals surface area contributed by atoms with Crippen LogP contribution in [0.25, 0.3) is 0 Å². The normalized spacial score (nSPS) is 14.2. The molecule has 1 N–H and O–H groups in total. The minimum absolute atomic E-state index is 0.387. The first-order valence-electron chi connectivity index (χ1n) is 4.87. The predicted molar refractivity (Wildman–Crippen MR) is 77.5 cm³/mol. The number of amides is 1. The van der Waals surface area contributed by atoms with Crippen molar-refractivity contribution >= 4 is 59.6 Å². The highest BCUT2D eigenvalue weighted by Crippen LogP contribution is 2.57. The Morgan fingerprint density at radius 1 is 1.42 bits per heavy atom. The van der Waals surface area contributed by atoms with Crippen LogP contribution in [0.2, 0.25) is 0 Å². The van der Waals surface area contributed by atoms with Crippen LogP contribution in [-0.2, 0) is 13.6 Å². The smallest absolute Gasteiger partial charge is 0.334 e. The molecular weight excluding hydrogens is 356 g/mol. The van der Waals surface area contributed by atoms with Gasteiger partial charge in [0.25, 0.3) is 5.91 Å². The summed E-state index contributed by atoms with van der Waals surface area (Å²) in [5.41, 5.74) is 0. The molecule has 19 heavy (non-hydrogen) atoms. The van der Waals surface area contributed by atoms with Crippen molar-refractivity contribution in [2.45, 2.75) is 9.58 Å². The summed E-state index contributed by atoms with van der Waals surface area (Å²) in [6, 6.07) is 3.27. The number of carbonyl (C=O) groups is 1. The van der Waals surface area contributed by atoms with E-state index in [1.165, 1.54) is 11.3 Å². The largest absolute Gasteiger partial charge is 0.356 e. The van der Waals surface area contributed by atoms with Gasteiger partial charge in [-0.25, -0.2) is 0 Å². The summed E-state index contributed by atoms with van der Waals surface area (Å²) in [5, 5.41) is 4.08. The van der Waals surface area contributed by atoms with Gasteiger partial charge in [-0.2, -0.15) is 0 Å². The van der Waals surface area contributed by atoms with Gasteiger partial charge in [-0.1, -0.05) is 40.9 Å². The fourth-order valence-electron chi connectivity index (χ4n) is 1.23. The summed E-state index contributed by atoms with van der Waals surface area (Å²) in [5.74, 6) is -1.95. The Labute approximate surface area is 129 Å². The van der Waals surface area contributed by atoms with Crippen LogP contribution in [0.4, 0.5) is 0 Å². The molecule has 5 nitrogen and oxygen atoms in total. The van der Waals surface area contributed by atoms with Crippen molar-refractivity contribution < 1.29 is 18.4 Å². The molecule has 1 aromatic rings. The van der Waals surface area contributed by atoms with E-state index in [1.54, 1.807) is 17.5 Å². The second-order valence-corrected chi connectivity index (χ2v) is 8.94. The van der Waals surface area contributed by atoms with Gasteiger partial charge in [0.1, 0.15) is 0 Å². The monoisotopic (exact) mass is 365 g/mol. The lowest BCUT2D eigenvalue weighted by Gasteiger charge is -2.29. The van der Waals surface area contributed by atoms with Crippen LogP contribution in [0.5, 0.6) is 0 Å². The molecule has 0 saturated carbocycles. The molecule has 1 rings (SSSR count). The second kappa shape index (κ2) is 6.76. The molecule has 0 radical (unpaired) electrons. The van der Waals surface area contributed by atoms with Crippen LogP contribution >= 0.6 is 53.7 Å². The lowest BCUT2D eigenvalue weighted by Crippen LogP contribution is -2.43. The third kappa shape index (κ3) is 4.33. The van der Waals surface area contributed by atoms with Crippen molar-refractivity contribution in [2.75, 3.05) is 14.2 Å². The van der Waals surface area contributed by atoms with Crippen molar-refractivity contribution in [3.8, 4) is 0 Å². The molecule has 0 bridgehead atoms. The Bertz CT molecular complexity index is 468. The molecule has 1 atom stereocenters. The lowest BCUT2D eigenvalue weighted by atomic mass is 10.4. The fraction of sp³-hybridized carbons (Fsp3) is 0.444. The number of hydrogen-bond donors (Lipinski definition) is 1. The van der Waals surface area contributed by atoms with Crippen molar-refractivity contribution in [3.63, 3.8) is 0 Å². The molecule has 0 aliphatic carbocycles. The van der Waals surface area contributed by atoms with E-state index in [4.69, 9.17) is 43.9 Å². The zero-order valence-electron chi connectivity index (χ0n) is 9.93. The second-order valence-electron chi connectivity index (χ2n) is 3.30. The van der Waals surface area contributed by atoms with E-state index >= 15 is 0 Å². The third-order valence-electron chi connectivity index (χ3n) is 2.15. The number of hydrogen-bond acceptors (Lipinski definition) is 5. The van der Waals surface area contributed by atoms with E-state index in [0.717, 1.165) is 14.2 Å². The van der Waals surface area contributed by atoms with E-state index in [9.17, 15) is 9.36 Å².